The lowest BCUT2D eigenvalue weighted by Gasteiger charge is -2.28. The van der Waals surface area contributed by atoms with Crippen molar-refractivity contribution >= 4 is 29.4 Å². The average molecular weight is 602 g/mol. The number of methoxy groups -OCH3 is 1. The fourth-order valence-electron chi connectivity index (χ4n) is 5.15. The second kappa shape index (κ2) is 13.8. The molecule has 0 spiro atoms. The molecular weight excluding hydrogens is 562 g/mol. The molecule has 0 bridgehead atoms. The lowest BCUT2D eigenvalue weighted by atomic mass is 9.79. The number of esters is 2. The summed E-state index contributed by atoms with van der Waals surface area (Å²) in [4.78, 5) is 48.8. The number of rotatable bonds is 11. The van der Waals surface area contributed by atoms with E-state index in [1.165, 1.54) is 24.6 Å². The van der Waals surface area contributed by atoms with Crippen LogP contribution in [0, 0.1) is 5.41 Å². The summed E-state index contributed by atoms with van der Waals surface area (Å²) < 4.78 is 16.4. The van der Waals surface area contributed by atoms with E-state index in [-0.39, 0.29) is 30.6 Å². The van der Waals surface area contributed by atoms with Gasteiger partial charge in [-0.25, -0.2) is 0 Å². The predicted octanol–water partition coefficient (Wildman–Crippen LogP) is 5.77. The Bertz CT molecular complexity index is 1540. The van der Waals surface area contributed by atoms with E-state index >= 15 is 0 Å². The van der Waals surface area contributed by atoms with Crippen molar-refractivity contribution in [1.82, 2.24) is 0 Å². The van der Waals surface area contributed by atoms with Crippen molar-refractivity contribution in [2.45, 2.75) is 65.4 Å². The first-order valence-corrected chi connectivity index (χ1v) is 14.6. The van der Waals surface area contributed by atoms with Gasteiger partial charge in [0, 0.05) is 17.3 Å². The second-order valence-corrected chi connectivity index (χ2v) is 12.1. The Hall–Kier alpha value is -4.66. The molecule has 44 heavy (non-hydrogen) atoms. The van der Waals surface area contributed by atoms with E-state index in [9.17, 15) is 19.2 Å². The number of carboxylic acids is 1. The summed E-state index contributed by atoms with van der Waals surface area (Å²) in [5, 5.41) is 12.1. The van der Waals surface area contributed by atoms with Gasteiger partial charge in [0.05, 0.1) is 18.9 Å². The molecule has 1 aliphatic carbocycles. The van der Waals surface area contributed by atoms with Crippen molar-refractivity contribution in [2.75, 3.05) is 19.0 Å². The molecule has 0 saturated heterocycles. The van der Waals surface area contributed by atoms with E-state index in [0.717, 1.165) is 36.1 Å². The molecule has 2 unspecified atom stereocenters. The number of carbonyl (C=O) groups excluding carboxylic acids is 3. The summed E-state index contributed by atoms with van der Waals surface area (Å²) >= 11 is 0. The maximum Gasteiger partial charge on any atom is 0.326 e. The van der Waals surface area contributed by atoms with Gasteiger partial charge in [-0.15, -0.1) is 0 Å². The van der Waals surface area contributed by atoms with E-state index in [0.29, 0.717) is 22.6 Å². The fourth-order valence-corrected chi connectivity index (χ4v) is 5.15. The first kappa shape index (κ1) is 32.3. The molecule has 3 aromatic rings. The van der Waals surface area contributed by atoms with Gasteiger partial charge in [-0.1, -0.05) is 36.4 Å². The first-order chi connectivity index (χ1) is 20.8. The summed E-state index contributed by atoms with van der Waals surface area (Å²) in [6, 6.07) is 17.8. The van der Waals surface area contributed by atoms with Gasteiger partial charge in [0.2, 0.25) is 5.78 Å². The molecule has 3 aromatic carbocycles. The van der Waals surface area contributed by atoms with Crippen LogP contribution in [0.15, 0.2) is 60.7 Å². The highest BCUT2D eigenvalue weighted by atomic mass is 16.5. The molecule has 0 amide bonds. The molecule has 0 aromatic heterocycles. The fraction of sp³-hybridized carbons (Fsp3) is 0.371. The van der Waals surface area contributed by atoms with Crippen LogP contribution >= 0.6 is 0 Å². The van der Waals surface area contributed by atoms with E-state index in [1.807, 2.05) is 57.2 Å². The topological polar surface area (TPSA) is 128 Å². The highest BCUT2D eigenvalue weighted by Gasteiger charge is 2.27. The number of hydrogen-bond acceptors (Lipinski definition) is 8. The van der Waals surface area contributed by atoms with Gasteiger partial charge in [-0.05, 0) is 93.3 Å². The van der Waals surface area contributed by atoms with E-state index in [1.54, 1.807) is 19.2 Å². The van der Waals surface area contributed by atoms with Crippen LogP contribution in [-0.2, 0) is 38.4 Å². The number of aliphatic carboxylic acids is 1. The van der Waals surface area contributed by atoms with Crippen molar-refractivity contribution in [3.8, 4) is 11.5 Å². The van der Waals surface area contributed by atoms with Crippen LogP contribution in [0.3, 0.4) is 0 Å². The van der Waals surface area contributed by atoms with E-state index in [4.69, 9.17) is 19.3 Å². The second-order valence-electron chi connectivity index (χ2n) is 12.1. The minimum absolute atomic E-state index is 0.139. The largest absolute Gasteiger partial charge is 0.497 e. The maximum atomic E-state index is 12.8. The van der Waals surface area contributed by atoms with Gasteiger partial charge in [-0.2, -0.15) is 0 Å². The van der Waals surface area contributed by atoms with Crippen molar-refractivity contribution < 1.29 is 38.5 Å². The zero-order valence-corrected chi connectivity index (χ0v) is 25.8. The highest BCUT2D eigenvalue weighted by molar-refractivity contribution is 6.00. The minimum atomic E-state index is -1.01. The number of anilines is 1. The zero-order chi connectivity index (χ0) is 32.0. The van der Waals surface area contributed by atoms with Gasteiger partial charge < -0.3 is 24.6 Å². The maximum absolute atomic E-state index is 12.8. The van der Waals surface area contributed by atoms with Crippen LogP contribution in [0.25, 0.3) is 0 Å². The van der Waals surface area contributed by atoms with Gasteiger partial charge >= 0.3 is 17.9 Å². The normalized spacial score (nSPS) is 15.0. The van der Waals surface area contributed by atoms with Crippen LogP contribution in [0.5, 0.6) is 11.5 Å². The Morgan fingerprint density at radius 3 is 2.32 bits per heavy atom. The average Bonchev–Trinajstić information content (AvgIpc) is 2.98. The summed E-state index contributed by atoms with van der Waals surface area (Å²) in [5.41, 5.74) is 4.44. The van der Waals surface area contributed by atoms with Crippen LogP contribution in [0.1, 0.15) is 72.6 Å². The van der Waals surface area contributed by atoms with Crippen LogP contribution < -0.4 is 14.8 Å². The number of nitrogens with one attached hydrogen (secondary N) is 1. The van der Waals surface area contributed by atoms with Crippen molar-refractivity contribution in [1.29, 1.82) is 0 Å². The SMILES string of the molecule is COc1ccc(C2CCc3cc(OC(=O)C(C)(C)C)ccc3C2)c(NCC(=O)OC(C)C(=O)c2ccc(CC(=O)O)cc2)c1. The number of hydrogen-bond donors (Lipinski definition) is 2. The van der Waals surface area contributed by atoms with Crippen LogP contribution in [0.2, 0.25) is 0 Å². The number of carboxylic acid groups (broad SMARTS) is 1. The molecule has 0 fully saturated rings. The van der Waals surface area contributed by atoms with E-state index in [2.05, 4.69) is 5.32 Å². The van der Waals surface area contributed by atoms with Crippen molar-refractivity contribution in [3.05, 3.63) is 88.5 Å². The Morgan fingerprint density at radius 2 is 1.66 bits per heavy atom. The zero-order valence-electron chi connectivity index (χ0n) is 25.8. The molecule has 1 aliphatic rings. The number of benzene rings is 3. The highest BCUT2D eigenvalue weighted by Crippen LogP contribution is 2.38. The quantitative estimate of drug-likeness (QED) is 0.160. The summed E-state index contributed by atoms with van der Waals surface area (Å²) in [6.07, 6.45) is 1.31. The molecule has 9 nitrogen and oxygen atoms in total. The van der Waals surface area contributed by atoms with Crippen LogP contribution in [-0.4, -0.2) is 48.6 Å². The summed E-state index contributed by atoms with van der Waals surface area (Å²) in [5.74, 6) is -0.825. The minimum Gasteiger partial charge on any atom is -0.497 e. The monoisotopic (exact) mass is 601 g/mol. The Morgan fingerprint density at radius 1 is 0.955 bits per heavy atom. The third-order valence-electron chi connectivity index (χ3n) is 7.62. The van der Waals surface area contributed by atoms with Gasteiger partial charge in [0.15, 0.2) is 6.10 Å². The summed E-state index contributed by atoms with van der Waals surface area (Å²) in [7, 11) is 1.58. The van der Waals surface area contributed by atoms with Crippen LogP contribution in [0.4, 0.5) is 5.69 Å². The Kier molecular flexibility index (Phi) is 10.1. The van der Waals surface area contributed by atoms with Gasteiger partial charge in [0.25, 0.3) is 0 Å². The smallest absolute Gasteiger partial charge is 0.326 e. The molecule has 0 saturated carbocycles. The third kappa shape index (κ3) is 8.24. The first-order valence-electron chi connectivity index (χ1n) is 14.6. The van der Waals surface area contributed by atoms with E-state index < -0.39 is 23.5 Å². The van der Waals surface area contributed by atoms with Gasteiger partial charge in [-0.3, -0.25) is 19.2 Å². The Labute approximate surface area is 257 Å². The number of fused-ring (bicyclic) bond motifs is 1. The molecule has 4 rings (SSSR count). The third-order valence-corrected chi connectivity index (χ3v) is 7.62. The van der Waals surface area contributed by atoms with Crippen molar-refractivity contribution in [3.63, 3.8) is 0 Å². The molecule has 0 aliphatic heterocycles. The van der Waals surface area contributed by atoms with Gasteiger partial charge in [0.1, 0.15) is 18.0 Å². The lowest BCUT2D eigenvalue weighted by Crippen LogP contribution is -2.28. The standard InChI is InChI=1S/C35H39NO8/c1-21(33(40)23-8-6-22(7-9-23)16-31(37)38)43-32(39)20-36-30-19-27(42-5)14-15-29(30)26-11-10-25-18-28(13-12-24(25)17-26)44-34(41)35(2,3)4/h6-9,12-15,18-19,21,26,36H,10-11,16-17,20H2,1-5H3,(H,37,38). The molecule has 0 radical (unpaired) electrons. The molecular formula is C35H39NO8. The summed E-state index contributed by atoms with van der Waals surface area (Å²) in [6.45, 7) is 6.83. The number of aryl methyl sites for hydroxylation is 1. The molecule has 0 heterocycles. The lowest BCUT2D eigenvalue weighted by molar-refractivity contribution is -0.144. The molecule has 2 N–H and O–H groups in total. The predicted molar refractivity (Wildman–Crippen MR) is 165 cm³/mol. The Balaban J connectivity index is 1.40. The molecule has 9 heteroatoms. The number of ketones is 1. The number of Topliss-reactive ketones (excluding diaryl/α,β-unsaturated/α-hetero) is 1. The number of ether oxygens (including phenoxy) is 3. The van der Waals surface area contributed by atoms with Crippen molar-refractivity contribution in [2.24, 2.45) is 5.41 Å². The molecule has 232 valence electrons. The molecule has 2 atom stereocenters. The number of carbonyl (C=O) groups is 4.